The van der Waals surface area contributed by atoms with Crippen molar-refractivity contribution >= 4 is 28.3 Å². The van der Waals surface area contributed by atoms with Gasteiger partial charge < -0.3 is 0 Å². The van der Waals surface area contributed by atoms with Gasteiger partial charge in [-0.05, 0) is 30.9 Å². The van der Waals surface area contributed by atoms with Gasteiger partial charge in [0.05, 0.1) is 5.52 Å². The van der Waals surface area contributed by atoms with Crippen LogP contribution in [0.2, 0.25) is 0 Å². The van der Waals surface area contributed by atoms with Crippen LogP contribution in [-0.2, 0) is 0 Å². The molecule has 0 fully saturated rings. The molecular formula is C12H11N3S. The number of hydrogen-bond acceptors (Lipinski definition) is 3. The fraction of sp³-hybridized carbons (Fsp3) is 0.167. The van der Waals surface area contributed by atoms with E-state index in [0.717, 1.165) is 10.8 Å². The molecule has 0 aliphatic heterocycles. The van der Waals surface area contributed by atoms with E-state index in [2.05, 4.69) is 45.8 Å². The maximum absolute atomic E-state index is 4.19. The highest BCUT2D eigenvalue weighted by molar-refractivity contribution is 7.98. The quantitative estimate of drug-likeness (QED) is 0.601. The Labute approximate surface area is 97.5 Å². The molecule has 0 aliphatic rings. The summed E-state index contributed by atoms with van der Waals surface area (Å²) in [6.45, 7) is 2.11. The summed E-state index contributed by atoms with van der Waals surface area (Å²) < 4.78 is 2.10. The van der Waals surface area contributed by atoms with Crippen LogP contribution in [0, 0.1) is 6.92 Å². The number of aryl methyl sites for hydroxylation is 1. The molecule has 0 saturated heterocycles. The SMILES string of the molecule is CSc1nnc2cc(C)c3ccccc3n12. The van der Waals surface area contributed by atoms with Crippen LogP contribution in [0.5, 0.6) is 0 Å². The van der Waals surface area contributed by atoms with E-state index in [1.54, 1.807) is 11.8 Å². The lowest BCUT2D eigenvalue weighted by Gasteiger charge is -2.05. The Balaban J connectivity index is 2.59. The summed E-state index contributed by atoms with van der Waals surface area (Å²) in [4.78, 5) is 0. The van der Waals surface area contributed by atoms with Crippen LogP contribution >= 0.6 is 11.8 Å². The number of aromatic nitrogens is 3. The van der Waals surface area contributed by atoms with Crippen molar-refractivity contribution in [1.29, 1.82) is 0 Å². The Kier molecular flexibility index (Phi) is 2.11. The summed E-state index contributed by atoms with van der Waals surface area (Å²) in [5, 5.41) is 10.6. The van der Waals surface area contributed by atoms with E-state index in [1.165, 1.54) is 16.5 Å². The van der Waals surface area contributed by atoms with Crippen LogP contribution in [0.4, 0.5) is 0 Å². The zero-order chi connectivity index (χ0) is 11.1. The van der Waals surface area contributed by atoms with Crippen molar-refractivity contribution in [3.63, 3.8) is 0 Å². The molecule has 2 aromatic heterocycles. The summed E-state index contributed by atoms with van der Waals surface area (Å²) >= 11 is 1.62. The van der Waals surface area contributed by atoms with E-state index in [4.69, 9.17) is 0 Å². The first kappa shape index (κ1) is 9.66. The molecule has 4 heteroatoms. The topological polar surface area (TPSA) is 30.2 Å². The zero-order valence-corrected chi connectivity index (χ0v) is 9.95. The molecule has 1 aromatic carbocycles. The number of nitrogens with zero attached hydrogens (tertiary/aromatic N) is 3. The van der Waals surface area contributed by atoms with E-state index in [0.29, 0.717) is 0 Å². The third-order valence-electron chi connectivity index (χ3n) is 2.76. The average Bonchev–Trinajstić information content (AvgIpc) is 2.72. The van der Waals surface area contributed by atoms with Crippen molar-refractivity contribution in [3.8, 4) is 0 Å². The van der Waals surface area contributed by atoms with Crippen LogP contribution in [0.1, 0.15) is 5.56 Å². The van der Waals surface area contributed by atoms with Gasteiger partial charge in [-0.3, -0.25) is 4.40 Å². The lowest BCUT2D eigenvalue weighted by atomic mass is 10.1. The molecule has 0 unspecified atom stereocenters. The van der Waals surface area contributed by atoms with Gasteiger partial charge in [-0.25, -0.2) is 0 Å². The molecule has 3 aromatic rings. The van der Waals surface area contributed by atoms with Gasteiger partial charge in [0.2, 0.25) is 0 Å². The maximum Gasteiger partial charge on any atom is 0.195 e. The maximum atomic E-state index is 4.19. The van der Waals surface area contributed by atoms with Crippen molar-refractivity contribution in [1.82, 2.24) is 14.6 Å². The first-order chi connectivity index (χ1) is 7.81. The van der Waals surface area contributed by atoms with E-state index >= 15 is 0 Å². The molecule has 0 atom stereocenters. The van der Waals surface area contributed by atoms with Gasteiger partial charge >= 0.3 is 0 Å². The van der Waals surface area contributed by atoms with Crippen LogP contribution in [0.15, 0.2) is 35.5 Å². The fourth-order valence-corrected chi connectivity index (χ4v) is 2.50. The average molecular weight is 229 g/mol. The molecule has 0 spiro atoms. The standard InChI is InChI=1S/C12H11N3S/c1-8-7-11-13-14-12(16-2)15(11)10-6-4-3-5-9(8)10/h3-7H,1-2H3. The lowest BCUT2D eigenvalue weighted by Crippen LogP contribution is -1.92. The smallest absolute Gasteiger partial charge is 0.195 e. The van der Waals surface area contributed by atoms with Crippen molar-refractivity contribution in [2.24, 2.45) is 0 Å². The highest BCUT2D eigenvalue weighted by Crippen LogP contribution is 2.24. The molecular weight excluding hydrogens is 218 g/mol. The number of hydrogen-bond donors (Lipinski definition) is 0. The predicted octanol–water partition coefficient (Wildman–Crippen LogP) is 2.91. The second-order valence-corrected chi connectivity index (χ2v) is 4.50. The summed E-state index contributed by atoms with van der Waals surface area (Å²) in [6.07, 6.45) is 2.02. The van der Waals surface area contributed by atoms with Crippen LogP contribution in [0.3, 0.4) is 0 Å². The van der Waals surface area contributed by atoms with Crippen molar-refractivity contribution in [2.75, 3.05) is 6.26 Å². The summed E-state index contributed by atoms with van der Waals surface area (Å²) in [5.74, 6) is 0. The Morgan fingerprint density at radius 3 is 2.81 bits per heavy atom. The lowest BCUT2D eigenvalue weighted by molar-refractivity contribution is 0.943. The van der Waals surface area contributed by atoms with Gasteiger partial charge in [0.25, 0.3) is 0 Å². The first-order valence-corrected chi connectivity index (χ1v) is 6.31. The van der Waals surface area contributed by atoms with E-state index < -0.39 is 0 Å². The van der Waals surface area contributed by atoms with Crippen molar-refractivity contribution in [2.45, 2.75) is 12.1 Å². The minimum Gasteiger partial charge on any atom is -0.270 e. The van der Waals surface area contributed by atoms with Crippen molar-refractivity contribution < 1.29 is 0 Å². The van der Waals surface area contributed by atoms with Gasteiger partial charge in [0, 0.05) is 5.39 Å². The molecule has 0 aliphatic carbocycles. The molecule has 3 rings (SSSR count). The van der Waals surface area contributed by atoms with Gasteiger partial charge in [0.1, 0.15) is 0 Å². The molecule has 0 bridgehead atoms. The summed E-state index contributed by atoms with van der Waals surface area (Å²) in [5.41, 5.74) is 3.33. The van der Waals surface area contributed by atoms with E-state index in [9.17, 15) is 0 Å². The number of fused-ring (bicyclic) bond motifs is 3. The summed E-state index contributed by atoms with van der Waals surface area (Å²) in [7, 11) is 0. The molecule has 0 amide bonds. The molecule has 16 heavy (non-hydrogen) atoms. The fourth-order valence-electron chi connectivity index (χ4n) is 2.01. The first-order valence-electron chi connectivity index (χ1n) is 5.09. The predicted molar refractivity (Wildman–Crippen MR) is 67.0 cm³/mol. The molecule has 0 N–H and O–H groups in total. The van der Waals surface area contributed by atoms with Gasteiger partial charge in [-0.2, -0.15) is 0 Å². The molecule has 0 saturated carbocycles. The molecule has 0 radical (unpaired) electrons. The number of rotatable bonds is 1. The third kappa shape index (κ3) is 1.23. The third-order valence-corrected chi connectivity index (χ3v) is 3.39. The van der Waals surface area contributed by atoms with Gasteiger partial charge in [-0.1, -0.05) is 30.0 Å². The van der Waals surface area contributed by atoms with Gasteiger partial charge in [0.15, 0.2) is 10.8 Å². The number of thioether (sulfide) groups is 1. The van der Waals surface area contributed by atoms with Crippen molar-refractivity contribution in [3.05, 3.63) is 35.9 Å². The Hall–Kier alpha value is -1.55. The minimum absolute atomic E-state index is 0.917. The van der Waals surface area contributed by atoms with E-state index in [1.807, 2.05) is 12.3 Å². The Morgan fingerprint density at radius 1 is 1.19 bits per heavy atom. The molecule has 3 nitrogen and oxygen atoms in total. The van der Waals surface area contributed by atoms with Crippen LogP contribution < -0.4 is 0 Å². The highest BCUT2D eigenvalue weighted by atomic mass is 32.2. The number of pyridine rings is 1. The second-order valence-electron chi connectivity index (χ2n) is 3.72. The number of benzene rings is 1. The second kappa shape index (κ2) is 3.49. The number of para-hydroxylation sites is 1. The summed E-state index contributed by atoms with van der Waals surface area (Å²) in [6, 6.07) is 10.4. The Bertz CT molecular complexity index is 672. The normalized spacial score (nSPS) is 11.4. The Morgan fingerprint density at radius 2 is 2.00 bits per heavy atom. The highest BCUT2D eigenvalue weighted by Gasteiger charge is 2.09. The largest absolute Gasteiger partial charge is 0.270 e. The van der Waals surface area contributed by atoms with E-state index in [-0.39, 0.29) is 0 Å². The van der Waals surface area contributed by atoms with Crippen LogP contribution in [-0.4, -0.2) is 20.9 Å². The zero-order valence-electron chi connectivity index (χ0n) is 9.14. The van der Waals surface area contributed by atoms with Crippen LogP contribution in [0.25, 0.3) is 16.6 Å². The minimum atomic E-state index is 0.917. The monoisotopic (exact) mass is 229 g/mol. The molecule has 80 valence electrons. The van der Waals surface area contributed by atoms with Gasteiger partial charge in [-0.15, -0.1) is 10.2 Å². The molecule has 2 heterocycles.